The van der Waals surface area contributed by atoms with Crippen LogP contribution in [-0.2, 0) is 0 Å². The highest BCUT2D eigenvalue weighted by Gasteiger charge is 2.14. The minimum Gasteiger partial charge on any atom is -0.497 e. The molecule has 5 nitrogen and oxygen atoms in total. The molecule has 2 aromatic carbocycles. The van der Waals surface area contributed by atoms with Crippen LogP contribution in [-0.4, -0.2) is 30.8 Å². The maximum atomic E-state index is 6.14. The van der Waals surface area contributed by atoms with Gasteiger partial charge in [-0.15, -0.1) is 0 Å². The predicted octanol–water partition coefficient (Wildman–Crippen LogP) is 2.68. The number of hydrogen-bond acceptors (Lipinski definition) is 4. The van der Waals surface area contributed by atoms with Gasteiger partial charge < -0.3 is 15.4 Å². The number of hydrogen-bond donors (Lipinski definition) is 1. The van der Waals surface area contributed by atoms with Crippen molar-refractivity contribution in [3.8, 4) is 11.4 Å². The molecule has 0 spiro atoms. The highest BCUT2D eigenvalue weighted by Crippen LogP contribution is 2.31. The Balaban J connectivity index is 2.32. The van der Waals surface area contributed by atoms with E-state index >= 15 is 0 Å². The third kappa shape index (κ3) is 2.16. The molecule has 0 fully saturated rings. The molecular weight excluding hydrogens is 264 g/mol. The third-order valence-electron chi connectivity index (χ3n) is 3.49. The standard InChI is InChI=1S/C16H18N4O/c1-19(2)13-6-4-5-7-14(13)20-15-10-11(21-3)8-9-12(15)18-16(20)17/h4-10H,1-3H3,(H2,17,18). The van der Waals surface area contributed by atoms with E-state index < -0.39 is 0 Å². The van der Waals surface area contributed by atoms with Gasteiger partial charge in [-0.1, -0.05) is 12.1 Å². The summed E-state index contributed by atoms with van der Waals surface area (Å²) in [4.78, 5) is 6.49. The number of ether oxygens (including phenoxy) is 1. The summed E-state index contributed by atoms with van der Waals surface area (Å²) in [6, 6.07) is 13.8. The number of para-hydroxylation sites is 2. The van der Waals surface area contributed by atoms with E-state index in [-0.39, 0.29) is 0 Å². The molecule has 0 atom stereocenters. The summed E-state index contributed by atoms with van der Waals surface area (Å²) in [6.07, 6.45) is 0. The van der Waals surface area contributed by atoms with Crippen LogP contribution in [0.2, 0.25) is 0 Å². The van der Waals surface area contributed by atoms with Crippen molar-refractivity contribution in [2.24, 2.45) is 0 Å². The van der Waals surface area contributed by atoms with Crippen LogP contribution < -0.4 is 15.4 Å². The average Bonchev–Trinajstić information content (AvgIpc) is 2.81. The van der Waals surface area contributed by atoms with Crippen LogP contribution in [0, 0.1) is 0 Å². The molecule has 0 saturated carbocycles. The van der Waals surface area contributed by atoms with E-state index in [2.05, 4.69) is 16.0 Å². The number of benzene rings is 2. The lowest BCUT2D eigenvalue weighted by Crippen LogP contribution is -2.13. The summed E-state index contributed by atoms with van der Waals surface area (Å²) in [7, 11) is 5.67. The van der Waals surface area contributed by atoms with E-state index in [0.717, 1.165) is 28.2 Å². The quantitative estimate of drug-likeness (QED) is 0.802. The number of anilines is 2. The van der Waals surface area contributed by atoms with Crippen molar-refractivity contribution in [3.63, 3.8) is 0 Å². The molecule has 3 aromatic rings. The molecule has 1 aromatic heterocycles. The zero-order valence-corrected chi connectivity index (χ0v) is 12.4. The van der Waals surface area contributed by atoms with Gasteiger partial charge in [0.15, 0.2) is 0 Å². The number of rotatable bonds is 3. The van der Waals surface area contributed by atoms with E-state index in [1.165, 1.54) is 0 Å². The summed E-state index contributed by atoms with van der Waals surface area (Å²) in [5, 5.41) is 0. The van der Waals surface area contributed by atoms with E-state index in [4.69, 9.17) is 10.5 Å². The molecule has 2 N–H and O–H groups in total. The Morgan fingerprint density at radius 3 is 2.62 bits per heavy atom. The molecule has 3 rings (SSSR count). The molecule has 0 aliphatic heterocycles. The first kappa shape index (κ1) is 13.3. The Bertz CT molecular complexity index is 792. The zero-order valence-electron chi connectivity index (χ0n) is 12.4. The van der Waals surface area contributed by atoms with Crippen LogP contribution in [0.25, 0.3) is 16.7 Å². The Morgan fingerprint density at radius 1 is 1.14 bits per heavy atom. The second-order valence-electron chi connectivity index (χ2n) is 5.04. The van der Waals surface area contributed by atoms with Gasteiger partial charge in [0.25, 0.3) is 0 Å². The molecule has 1 heterocycles. The summed E-state index contributed by atoms with van der Waals surface area (Å²) in [5.41, 5.74) is 9.99. The summed E-state index contributed by atoms with van der Waals surface area (Å²) in [5.74, 6) is 1.25. The fraction of sp³-hybridized carbons (Fsp3) is 0.188. The van der Waals surface area contributed by atoms with Crippen molar-refractivity contribution in [2.75, 3.05) is 31.8 Å². The first-order valence-electron chi connectivity index (χ1n) is 6.70. The normalized spacial score (nSPS) is 10.8. The van der Waals surface area contributed by atoms with Crippen molar-refractivity contribution < 1.29 is 4.74 Å². The molecule has 0 radical (unpaired) electrons. The highest BCUT2D eigenvalue weighted by molar-refractivity contribution is 5.84. The lowest BCUT2D eigenvalue weighted by molar-refractivity contribution is 0.415. The van der Waals surface area contributed by atoms with Crippen LogP contribution in [0.15, 0.2) is 42.5 Å². The van der Waals surface area contributed by atoms with Crippen LogP contribution in [0.4, 0.5) is 11.6 Å². The summed E-state index contributed by atoms with van der Waals surface area (Å²) in [6.45, 7) is 0. The van der Waals surface area contributed by atoms with Crippen molar-refractivity contribution in [3.05, 3.63) is 42.5 Å². The van der Waals surface area contributed by atoms with Gasteiger partial charge in [-0.3, -0.25) is 4.57 Å². The Labute approximate surface area is 123 Å². The van der Waals surface area contributed by atoms with E-state index in [0.29, 0.717) is 5.95 Å². The number of aromatic nitrogens is 2. The molecule has 0 bridgehead atoms. The van der Waals surface area contributed by atoms with Gasteiger partial charge in [-0.25, -0.2) is 4.98 Å². The Morgan fingerprint density at radius 2 is 1.90 bits per heavy atom. The van der Waals surface area contributed by atoms with Crippen LogP contribution in [0.3, 0.4) is 0 Å². The Kier molecular flexibility index (Phi) is 3.17. The lowest BCUT2D eigenvalue weighted by atomic mass is 10.2. The molecule has 0 aliphatic rings. The summed E-state index contributed by atoms with van der Waals surface area (Å²) >= 11 is 0. The minimum absolute atomic E-state index is 0.465. The lowest BCUT2D eigenvalue weighted by Gasteiger charge is -2.18. The highest BCUT2D eigenvalue weighted by atomic mass is 16.5. The first-order valence-corrected chi connectivity index (χ1v) is 6.70. The topological polar surface area (TPSA) is 56.3 Å². The molecule has 0 unspecified atom stereocenters. The first-order chi connectivity index (χ1) is 10.1. The number of nitrogens with zero attached hydrogens (tertiary/aromatic N) is 3. The number of nitrogens with two attached hydrogens (primary N) is 1. The second-order valence-corrected chi connectivity index (χ2v) is 5.04. The van der Waals surface area contributed by atoms with Crippen molar-refractivity contribution in [1.82, 2.24) is 9.55 Å². The molecular formula is C16H18N4O. The zero-order chi connectivity index (χ0) is 15.0. The monoisotopic (exact) mass is 282 g/mol. The number of fused-ring (bicyclic) bond motifs is 1. The van der Waals surface area contributed by atoms with E-state index in [1.807, 2.05) is 55.1 Å². The summed E-state index contributed by atoms with van der Waals surface area (Å²) < 4.78 is 7.26. The average molecular weight is 282 g/mol. The largest absolute Gasteiger partial charge is 0.497 e. The molecule has 0 aliphatic carbocycles. The predicted molar refractivity (Wildman–Crippen MR) is 86.4 cm³/mol. The van der Waals surface area contributed by atoms with Crippen molar-refractivity contribution >= 4 is 22.7 Å². The van der Waals surface area contributed by atoms with Gasteiger partial charge >= 0.3 is 0 Å². The van der Waals surface area contributed by atoms with Gasteiger partial charge in [0, 0.05) is 20.2 Å². The van der Waals surface area contributed by atoms with Gasteiger partial charge in [0.2, 0.25) is 5.95 Å². The van der Waals surface area contributed by atoms with Crippen LogP contribution in [0.1, 0.15) is 0 Å². The molecule has 0 amide bonds. The number of methoxy groups -OCH3 is 1. The smallest absolute Gasteiger partial charge is 0.206 e. The SMILES string of the molecule is COc1ccc2nc(N)n(-c3ccccc3N(C)C)c2c1. The second kappa shape index (κ2) is 5.01. The van der Waals surface area contributed by atoms with E-state index in [9.17, 15) is 0 Å². The maximum Gasteiger partial charge on any atom is 0.206 e. The fourth-order valence-corrected chi connectivity index (χ4v) is 2.49. The molecule has 21 heavy (non-hydrogen) atoms. The van der Waals surface area contributed by atoms with Gasteiger partial charge in [0.05, 0.1) is 29.5 Å². The van der Waals surface area contributed by atoms with Crippen molar-refractivity contribution in [2.45, 2.75) is 0 Å². The number of nitrogen functional groups attached to an aromatic ring is 1. The molecule has 0 saturated heterocycles. The number of imidazole rings is 1. The van der Waals surface area contributed by atoms with E-state index in [1.54, 1.807) is 7.11 Å². The van der Waals surface area contributed by atoms with Gasteiger partial charge in [-0.2, -0.15) is 0 Å². The van der Waals surface area contributed by atoms with Crippen LogP contribution >= 0.6 is 0 Å². The fourth-order valence-electron chi connectivity index (χ4n) is 2.49. The minimum atomic E-state index is 0.465. The third-order valence-corrected chi connectivity index (χ3v) is 3.49. The Hall–Kier alpha value is -2.69. The van der Waals surface area contributed by atoms with Crippen molar-refractivity contribution in [1.29, 1.82) is 0 Å². The van der Waals surface area contributed by atoms with Gasteiger partial charge in [-0.05, 0) is 24.3 Å². The maximum absolute atomic E-state index is 6.14. The molecule has 5 heteroatoms. The molecule has 108 valence electrons. The van der Waals surface area contributed by atoms with Gasteiger partial charge in [0.1, 0.15) is 5.75 Å². The van der Waals surface area contributed by atoms with Crippen LogP contribution in [0.5, 0.6) is 5.75 Å².